The van der Waals surface area contributed by atoms with E-state index in [-0.39, 0.29) is 18.1 Å². The minimum atomic E-state index is -0.183. The highest BCUT2D eigenvalue weighted by Crippen LogP contribution is 2.38. The molecule has 1 aliphatic carbocycles. The van der Waals surface area contributed by atoms with Gasteiger partial charge in [0.15, 0.2) is 5.78 Å². The average molecular weight is 412 g/mol. The number of carbonyl (C=O) groups is 1. The van der Waals surface area contributed by atoms with Crippen molar-refractivity contribution in [3.05, 3.63) is 29.8 Å². The maximum atomic E-state index is 11.0. The zero-order chi connectivity index (χ0) is 21.9. The number of ether oxygens (including phenoxy) is 1. The lowest BCUT2D eigenvalue weighted by Gasteiger charge is -2.02. The Balaban J connectivity index is 0. The number of rotatable bonds is 8. The highest BCUT2D eigenvalue weighted by molar-refractivity contribution is 8.00. The predicted molar refractivity (Wildman–Crippen MR) is 123 cm³/mol. The van der Waals surface area contributed by atoms with E-state index in [1.807, 2.05) is 49.9 Å². The van der Waals surface area contributed by atoms with Crippen LogP contribution >= 0.6 is 11.8 Å². The minimum Gasteiger partial charge on any atom is -0.396 e. The van der Waals surface area contributed by atoms with Crippen LogP contribution in [0.4, 0.5) is 0 Å². The van der Waals surface area contributed by atoms with Crippen LogP contribution in [0.5, 0.6) is 0 Å². The molecule has 0 unspecified atom stereocenters. The number of Topliss-reactive ketones (excluding diaryl/α,β-unsaturated/α-hetero) is 1. The molecular formula is C23H41NO3S. The molecule has 2 rings (SSSR count). The molecule has 0 spiro atoms. The van der Waals surface area contributed by atoms with Crippen LogP contribution < -0.4 is 0 Å². The molecule has 162 valence electrons. The van der Waals surface area contributed by atoms with Gasteiger partial charge in [-0.15, -0.1) is 11.8 Å². The molecule has 4 nitrogen and oxygen atoms in total. The Hall–Kier alpha value is -1.17. The van der Waals surface area contributed by atoms with Crippen molar-refractivity contribution in [2.45, 2.75) is 77.4 Å². The van der Waals surface area contributed by atoms with Crippen molar-refractivity contribution in [3.63, 3.8) is 0 Å². The van der Waals surface area contributed by atoms with Crippen LogP contribution in [0.2, 0.25) is 0 Å². The Labute approximate surface area is 177 Å². The number of benzene rings is 1. The smallest absolute Gasteiger partial charge is 0.177 e. The van der Waals surface area contributed by atoms with Crippen LogP contribution in [0.25, 0.3) is 0 Å². The van der Waals surface area contributed by atoms with Gasteiger partial charge in [-0.2, -0.15) is 0 Å². The van der Waals surface area contributed by atoms with E-state index in [0.717, 1.165) is 17.6 Å². The van der Waals surface area contributed by atoms with Gasteiger partial charge < -0.3 is 9.84 Å². The minimum absolute atomic E-state index is 0.0953. The van der Waals surface area contributed by atoms with E-state index in [1.165, 1.54) is 31.1 Å². The van der Waals surface area contributed by atoms with Gasteiger partial charge in [0.05, 0.1) is 0 Å². The van der Waals surface area contributed by atoms with E-state index in [0.29, 0.717) is 12.2 Å². The molecule has 0 atom stereocenters. The standard InChI is InChI=1S/C12H13NOS.C5H12.C4H10O2.C2H6/c1-8(14)12(13)9-2-4-10(5-3-9)15-11-6-7-11;1-4-5(2)3;1-6-4-2-3-5;1-2/h2-5,11,13H,6-7H2,1H3;5H,4H2,1-3H3;5H,2-4H2,1H3;1-2H3. The molecule has 0 radical (unpaired) electrons. The third-order valence-corrected chi connectivity index (χ3v) is 4.99. The molecule has 2 N–H and O–H groups in total. The van der Waals surface area contributed by atoms with Crippen molar-refractivity contribution in [1.29, 1.82) is 5.41 Å². The van der Waals surface area contributed by atoms with Crippen molar-refractivity contribution in [2.24, 2.45) is 5.92 Å². The molecule has 1 aromatic carbocycles. The highest BCUT2D eigenvalue weighted by atomic mass is 32.2. The maximum absolute atomic E-state index is 11.0. The first-order valence-electron chi connectivity index (χ1n) is 10.3. The third kappa shape index (κ3) is 17.0. The number of carbonyl (C=O) groups excluding carboxylic acids is 1. The van der Waals surface area contributed by atoms with Crippen molar-refractivity contribution < 1.29 is 14.6 Å². The van der Waals surface area contributed by atoms with E-state index in [4.69, 9.17) is 10.5 Å². The van der Waals surface area contributed by atoms with Gasteiger partial charge >= 0.3 is 0 Å². The molecule has 0 aliphatic heterocycles. The van der Waals surface area contributed by atoms with Gasteiger partial charge in [-0.3, -0.25) is 10.2 Å². The lowest BCUT2D eigenvalue weighted by molar-refractivity contribution is -0.111. The fourth-order valence-electron chi connectivity index (χ4n) is 1.49. The summed E-state index contributed by atoms with van der Waals surface area (Å²) in [6.45, 7) is 13.0. The summed E-state index contributed by atoms with van der Waals surface area (Å²) < 4.78 is 4.62. The number of ketones is 1. The summed E-state index contributed by atoms with van der Waals surface area (Å²) in [4.78, 5) is 12.2. The maximum Gasteiger partial charge on any atom is 0.177 e. The van der Waals surface area contributed by atoms with Gasteiger partial charge in [0.1, 0.15) is 5.71 Å². The second-order valence-corrected chi connectivity index (χ2v) is 8.02. The van der Waals surface area contributed by atoms with Crippen LogP contribution in [-0.2, 0) is 9.53 Å². The third-order valence-electron chi connectivity index (χ3n) is 3.65. The van der Waals surface area contributed by atoms with Crippen molar-refractivity contribution in [1.82, 2.24) is 0 Å². The topological polar surface area (TPSA) is 70.4 Å². The second-order valence-electron chi connectivity index (χ2n) is 6.64. The fourth-order valence-corrected chi connectivity index (χ4v) is 2.54. The van der Waals surface area contributed by atoms with Gasteiger partial charge in [0, 0.05) is 43.0 Å². The normalized spacial score (nSPS) is 11.9. The Morgan fingerprint density at radius 2 is 1.75 bits per heavy atom. The summed E-state index contributed by atoms with van der Waals surface area (Å²) in [6.07, 6.45) is 4.68. The largest absolute Gasteiger partial charge is 0.396 e. The molecule has 5 heteroatoms. The van der Waals surface area contributed by atoms with E-state index in [1.54, 1.807) is 7.11 Å². The van der Waals surface area contributed by atoms with E-state index >= 15 is 0 Å². The molecule has 0 heterocycles. The molecule has 1 fully saturated rings. The van der Waals surface area contributed by atoms with Crippen LogP contribution in [0.15, 0.2) is 29.2 Å². The molecule has 0 bridgehead atoms. The van der Waals surface area contributed by atoms with Crippen molar-refractivity contribution in [3.8, 4) is 0 Å². The van der Waals surface area contributed by atoms with Crippen LogP contribution in [-0.4, -0.2) is 42.2 Å². The summed E-state index contributed by atoms with van der Waals surface area (Å²) in [5.41, 5.74) is 0.806. The molecular weight excluding hydrogens is 370 g/mol. The number of aliphatic hydroxyl groups excluding tert-OH is 1. The van der Waals surface area contributed by atoms with Gasteiger partial charge in [-0.1, -0.05) is 53.2 Å². The summed E-state index contributed by atoms with van der Waals surface area (Å²) in [7, 11) is 1.62. The predicted octanol–water partition coefficient (Wildman–Crippen LogP) is 5.99. The van der Waals surface area contributed by atoms with Gasteiger partial charge in [0.2, 0.25) is 0 Å². The Morgan fingerprint density at radius 3 is 2.04 bits per heavy atom. The SMILES string of the molecule is CC.CC(=O)C(=N)c1ccc(SC2CC2)cc1.CCC(C)C.COCCCO. The number of aliphatic hydroxyl groups is 1. The summed E-state index contributed by atoms with van der Waals surface area (Å²) in [5.74, 6) is 0.701. The van der Waals surface area contributed by atoms with E-state index in [9.17, 15) is 4.79 Å². The van der Waals surface area contributed by atoms with Crippen molar-refractivity contribution >= 4 is 23.3 Å². The monoisotopic (exact) mass is 411 g/mol. The van der Waals surface area contributed by atoms with E-state index < -0.39 is 0 Å². The molecule has 0 saturated heterocycles. The quantitative estimate of drug-likeness (QED) is 0.407. The molecule has 28 heavy (non-hydrogen) atoms. The summed E-state index contributed by atoms with van der Waals surface area (Å²) in [6, 6.07) is 7.70. The average Bonchev–Trinajstić information content (AvgIpc) is 3.52. The number of thioether (sulfide) groups is 1. The number of nitrogens with one attached hydrogen (secondary N) is 1. The lowest BCUT2D eigenvalue weighted by Crippen LogP contribution is -2.09. The van der Waals surface area contributed by atoms with Crippen LogP contribution in [0.1, 0.15) is 72.8 Å². The van der Waals surface area contributed by atoms with Gasteiger partial charge in [0.25, 0.3) is 0 Å². The molecule has 0 amide bonds. The second kappa shape index (κ2) is 19.2. The first-order valence-corrected chi connectivity index (χ1v) is 11.2. The number of hydrogen-bond donors (Lipinski definition) is 2. The summed E-state index contributed by atoms with van der Waals surface area (Å²) in [5, 5.41) is 16.5. The molecule has 1 saturated carbocycles. The van der Waals surface area contributed by atoms with Crippen molar-refractivity contribution in [2.75, 3.05) is 20.3 Å². The summed E-state index contributed by atoms with van der Waals surface area (Å²) >= 11 is 1.88. The van der Waals surface area contributed by atoms with Gasteiger partial charge in [-0.25, -0.2) is 0 Å². The van der Waals surface area contributed by atoms with Gasteiger partial charge in [-0.05, 0) is 37.3 Å². The number of methoxy groups -OCH3 is 1. The zero-order valence-corrected chi connectivity index (χ0v) is 19.7. The van der Waals surface area contributed by atoms with Crippen LogP contribution in [0.3, 0.4) is 0 Å². The highest BCUT2D eigenvalue weighted by Gasteiger charge is 2.22. The Morgan fingerprint density at radius 1 is 1.25 bits per heavy atom. The zero-order valence-electron chi connectivity index (χ0n) is 18.9. The van der Waals surface area contributed by atoms with Crippen LogP contribution in [0, 0.1) is 11.3 Å². The first-order chi connectivity index (χ1) is 13.3. The number of hydrogen-bond acceptors (Lipinski definition) is 5. The first kappa shape index (κ1) is 29.0. The molecule has 1 aliphatic rings. The molecule has 1 aromatic rings. The lowest BCUT2D eigenvalue weighted by atomic mass is 10.1. The fraction of sp³-hybridized carbons (Fsp3) is 0.652. The van der Waals surface area contributed by atoms with E-state index in [2.05, 4.69) is 25.5 Å². The Bertz CT molecular complexity index is 507. The molecule has 0 aromatic heterocycles. The Kier molecular flexibility index (Phi) is 19.9.